The maximum atomic E-state index is 13.1. The summed E-state index contributed by atoms with van der Waals surface area (Å²) in [6, 6.07) is 8.75. The number of carbonyl (C=O) groups excluding carboxylic acids is 2. The van der Waals surface area contributed by atoms with E-state index >= 15 is 0 Å². The number of aryl methyl sites for hydroxylation is 2. The van der Waals surface area contributed by atoms with Crippen LogP contribution in [0, 0.1) is 0 Å². The number of carbonyl (C=O) groups is 2. The van der Waals surface area contributed by atoms with Crippen molar-refractivity contribution in [3.05, 3.63) is 51.9 Å². The van der Waals surface area contributed by atoms with Crippen molar-refractivity contribution in [2.24, 2.45) is 0 Å². The van der Waals surface area contributed by atoms with Crippen LogP contribution in [0.15, 0.2) is 29.6 Å². The first-order valence-electron chi connectivity index (χ1n) is 10.2. The summed E-state index contributed by atoms with van der Waals surface area (Å²) in [4.78, 5) is 27.9. The van der Waals surface area contributed by atoms with Crippen LogP contribution in [0.1, 0.15) is 57.5 Å². The zero-order valence-corrected chi connectivity index (χ0v) is 16.7. The lowest BCUT2D eigenvalue weighted by atomic mass is 10.1. The van der Waals surface area contributed by atoms with E-state index in [1.54, 1.807) is 0 Å². The van der Waals surface area contributed by atoms with Gasteiger partial charge in [0.25, 0.3) is 11.8 Å². The number of nitrogens with one attached hydrogen (secondary N) is 2. The van der Waals surface area contributed by atoms with Gasteiger partial charge in [-0.2, -0.15) is 0 Å². The van der Waals surface area contributed by atoms with Crippen molar-refractivity contribution in [1.29, 1.82) is 0 Å². The van der Waals surface area contributed by atoms with Gasteiger partial charge < -0.3 is 15.5 Å². The molecule has 2 saturated heterocycles. The van der Waals surface area contributed by atoms with Crippen LogP contribution in [0.2, 0.25) is 0 Å². The SMILES string of the molecule is O=C(Nc1sccc1C(=O)N1CCC2CCC(C1)N2)c1ccc2c(c1)CCC2. The molecule has 3 heterocycles. The number of likely N-dealkylation sites (tertiary alicyclic amines) is 1. The molecule has 1 aromatic heterocycles. The molecular formula is C22H25N3O2S. The fourth-order valence-electron chi connectivity index (χ4n) is 4.76. The lowest BCUT2D eigenvalue weighted by Gasteiger charge is -2.24. The molecule has 5 rings (SSSR count). The summed E-state index contributed by atoms with van der Waals surface area (Å²) in [6.07, 6.45) is 6.67. The number of hydrogen-bond acceptors (Lipinski definition) is 4. The molecule has 2 N–H and O–H groups in total. The van der Waals surface area contributed by atoms with Crippen LogP contribution >= 0.6 is 11.3 Å². The smallest absolute Gasteiger partial charge is 0.256 e. The third kappa shape index (κ3) is 3.35. The predicted octanol–water partition coefficient (Wildman–Crippen LogP) is 3.46. The minimum Gasteiger partial charge on any atom is -0.337 e. The quantitative estimate of drug-likeness (QED) is 0.837. The van der Waals surface area contributed by atoms with Crippen LogP contribution in [0.3, 0.4) is 0 Å². The van der Waals surface area contributed by atoms with Crippen LogP contribution < -0.4 is 10.6 Å². The van der Waals surface area contributed by atoms with Gasteiger partial charge in [-0.05, 0) is 73.2 Å². The highest BCUT2D eigenvalue weighted by molar-refractivity contribution is 7.14. The first-order valence-corrected chi connectivity index (χ1v) is 11.1. The van der Waals surface area contributed by atoms with E-state index in [4.69, 9.17) is 0 Å². The molecule has 5 nitrogen and oxygen atoms in total. The molecule has 2 aliphatic heterocycles. The molecule has 2 amide bonds. The second-order valence-electron chi connectivity index (χ2n) is 8.13. The molecular weight excluding hydrogens is 370 g/mol. The summed E-state index contributed by atoms with van der Waals surface area (Å²) in [5.41, 5.74) is 3.91. The number of fused-ring (bicyclic) bond motifs is 3. The molecule has 2 bridgehead atoms. The van der Waals surface area contributed by atoms with Gasteiger partial charge in [-0.25, -0.2) is 0 Å². The first-order chi connectivity index (χ1) is 13.7. The van der Waals surface area contributed by atoms with Gasteiger partial charge in [-0.15, -0.1) is 11.3 Å². The lowest BCUT2D eigenvalue weighted by Crippen LogP contribution is -2.39. The van der Waals surface area contributed by atoms with Crippen molar-refractivity contribution in [3.63, 3.8) is 0 Å². The van der Waals surface area contributed by atoms with Gasteiger partial charge in [0, 0.05) is 30.7 Å². The standard InChI is InChI=1S/C22H25N3O2S/c26-20(16-5-4-14-2-1-3-15(14)12-16)24-21-19(9-11-28-21)22(27)25-10-8-17-6-7-18(13-25)23-17/h4-5,9,11-12,17-18,23H,1-3,6-8,10,13H2,(H,24,26). The fourth-order valence-corrected chi connectivity index (χ4v) is 5.53. The summed E-state index contributed by atoms with van der Waals surface area (Å²) in [7, 11) is 0. The van der Waals surface area contributed by atoms with E-state index in [0.29, 0.717) is 28.2 Å². The van der Waals surface area contributed by atoms with E-state index in [2.05, 4.69) is 16.7 Å². The highest BCUT2D eigenvalue weighted by Gasteiger charge is 2.32. The third-order valence-corrected chi connectivity index (χ3v) is 7.12. The minimum absolute atomic E-state index is 0.0276. The van der Waals surface area contributed by atoms with E-state index in [9.17, 15) is 9.59 Å². The van der Waals surface area contributed by atoms with Gasteiger partial charge in [0.2, 0.25) is 0 Å². The molecule has 3 aliphatic rings. The van der Waals surface area contributed by atoms with E-state index in [1.807, 2.05) is 28.5 Å². The number of hydrogen-bond donors (Lipinski definition) is 2. The zero-order chi connectivity index (χ0) is 19.1. The molecule has 2 atom stereocenters. The number of nitrogens with zero attached hydrogens (tertiary/aromatic N) is 1. The van der Waals surface area contributed by atoms with Crippen molar-refractivity contribution in [2.45, 2.75) is 50.6 Å². The molecule has 0 radical (unpaired) electrons. The lowest BCUT2D eigenvalue weighted by molar-refractivity contribution is 0.0749. The number of rotatable bonds is 3. The Balaban J connectivity index is 1.31. The van der Waals surface area contributed by atoms with Crippen molar-refractivity contribution >= 4 is 28.2 Å². The number of thiophene rings is 1. The third-order valence-electron chi connectivity index (χ3n) is 6.29. The van der Waals surface area contributed by atoms with Crippen molar-refractivity contribution in [2.75, 3.05) is 18.4 Å². The summed E-state index contributed by atoms with van der Waals surface area (Å²) in [5.74, 6) is -0.109. The van der Waals surface area contributed by atoms with Crippen molar-refractivity contribution in [3.8, 4) is 0 Å². The Bertz CT molecular complexity index is 922. The predicted molar refractivity (Wildman–Crippen MR) is 111 cm³/mol. The monoisotopic (exact) mass is 395 g/mol. The molecule has 2 fully saturated rings. The Kier molecular flexibility index (Phi) is 4.69. The van der Waals surface area contributed by atoms with Crippen LogP contribution in [-0.4, -0.2) is 41.9 Å². The van der Waals surface area contributed by atoms with Crippen molar-refractivity contribution in [1.82, 2.24) is 10.2 Å². The Morgan fingerprint density at radius 2 is 1.93 bits per heavy atom. The average Bonchev–Trinajstić information content (AvgIpc) is 3.40. The van der Waals surface area contributed by atoms with E-state index in [1.165, 1.54) is 28.9 Å². The fraction of sp³-hybridized carbons (Fsp3) is 0.455. The van der Waals surface area contributed by atoms with E-state index in [-0.39, 0.29) is 11.8 Å². The van der Waals surface area contributed by atoms with Crippen LogP contribution in [0.4, 0.5) is 5.00 Å². The molecule has 0 saturated carbocycles. The summed E-state index contributed by atoms with van der Waals surface area (Å²) in [6.45, 7) is 1.53. The molecule has 28 heavy (non-hydrogen) atoms. The Morgan fingerprint density at radius 1 is 1.07 bits per heavy atom. The number of amides is 2. The molecule has 2 aromatic rings. The Hall–Kier alpha value is -2.18. The minimum atomic E-state index is -0.136. The number of benzene rings is 1. The van der Waals surface area contributed by atoms with Crippen LogP contribution in [-0.2, 0) is 12.8 Å². The maximum absolute atomic E-state index is 13.1. The van der Waals surface area contributed by atoms with Gasteiger partial charge in [0.1, 0.15) is 5.00 Å². The summed E-state index contributed by atoms with van der Waals surface area (Å²) >= 11 is 1.42. The molecule has 2 unspecified atom stereocenters. The normalized spacial score (nSPS) is 23.4. The van der Waals surface area contributed by atoms with Gasteiger partial charge in [-0.3, -0.25) is 9.59 Å². The van der Waals surface area contributed by atoms with Gasteiger partial charge in [-0.1, -0.05) is 6.07 Å². The van der Waals surface area contributed by atoms with Crippen molar-refractivity contribution < 1.29 is 9.59 Å². The summed E-state index contributed by atoms with van der Waals surface area (Å²) < 4.78 is 0. The second-order valence-corrected chi connectivity index (χ2v) is 9.05. The Morgan fingerprint density at radius 3 is 2.86 bits per heavy atom. The van der Waals surface area contributed by atoms with Crippen LogP contribution in [0.25, 0.3) is 0 Å². The topological polar surface area (TPSA) is 61.4 Å². The Labute approximate surface area is 169 Å². The molecule has 1 aromatic carbocycles. The summed E-state index contributed by atoms with van der Waals surface area (Å²) in [5, 5.41) is 9.13. The van der Waals surface area contributed by atoms with Gasteiger partial charge in [0.15, 0.2) is 0 Å². The molecule has 1 aliphatic carbocycles. The maximum Gasteiger partial charge on any atom is 0.256 e. The molecule has 6 heteroatoms. The largest absolute Gasteiger partial charge is 0.337 e. The zero-order valence-electron chi connectivity index (χ0n) is 15.9. The first kappa shape index (κ1) is 17.9. The molecule has 146 valence electrons. The molecule has 0 spiro atoms. The van der Waals surface area contributed by atoms with E-state index in [0.717, 1.165) is 45.2 Å². The highest BCUT2D eigenvalue weighted by atomic mass is 32.1. The van der Waals surface area contributed by atoms with E-state index < -0.39 is 0 Å². The van der Waals surface area contributed by atoms with Crippen LogP contribution in [0.5, 0.6) is 0 Å². The highest BCUT2D eigenvalue weighted by Crippen LogP contribution is 2.29. The van der Waals surface area contributed by atoms with Gasteiger partial charge >= 0.3 is 0 Å². The second kappa shape index (κ2) is 7.33. The van der Waals surface area contributed by atoms with Gasteiger partial charge in [0.05, 0.1) is 5.56 Å². The number of anilines is 1. The average molecular weight is 396 g/mol.